The van der Waals surface area contributed by atoms with Gasteiger partial charge in [-0.1, -0.05) is 72.8 Å². The van der Waals surface area contributed by atoms with E-state index in [4.69, 9.17) is 4.42 Å². The second kappa shape index (κ2) is 8.87. The predicted molar refractivity (Wildman–Crippen MR) is 167 cm³/mol. The highest BCUT2D eigenvalue weighted by atomic mass is 32.1. The zero-order valence-electron chi connectivity index (χ0n) is 21.0. The Labute approximate surface area is 229 Å². The minimum Gasteiger partial charge on any atom is -0.456 e. The molecule has 0 atom stereocenters. The van der Waals surface area contributed by atoms with Crippen LogP contribution in [0, 0.1) is 0 Å². The summed E-state index contributed by atoms with van der Waals surface area (Å²) in [5, 5.41) is 8.48. The lowest BCUT2D eigenvalue weighted by Crippen LogP contribution is -1.89. The van der Waals surface area contributed by atoms with Crippen LogP contribution in [0.5, 0.6) is 0 Å². The Bertz CT molecular complexity index is 2140. The molecule has 2 nitrogen and oxygen atoms in total. The fraction of sp³-hybridized carbons (Fsp3) is 0. The van der Waals surface area contributed by atoms with Gasteiger partial charge >= 0.3 is 0 Å². The standard InChI is InChI=1S/C36H23NOS/c1-2-6-23(7-3-1)24-10-14-27(15-11-24)37-28-16-19-36-32(22-28)31-21-26(13-18-35(31)39-36)25-12-17-34-30(20-25)29-8-4-5-9-33(29)38-34/h1-22,37H. The Hall–Kier alpha value is -4.86. The zero-order valence-corrected chi connectivity index (χ0v) is 21.8. The molecule has 0 aliphatic carbocycles. The Morgan fingerprint density at radius 1 is 0.410 bits per heavy atom. The number of anilines is 2. The number of benzene rings is 6. The highest BCUT2D eigenvalue weighted by Gasteiger charge is 2.11. The van der Waals surface area contributed by atoms with E-state index < -0.39 is 0 Å². The van der Waals surface area contributed by atoms with Crippen molar-refractivity contribution < 1.29 is 4.42 Å². The lowest BCUT2D eigenvalue weighted by atomic mass is 10.0. The molecule has 0 bridgehead atoms. The van der Waals surface area contributed by atoms with Gasteiger partial charge in [-0.15, -0.1) is 11.3 Å². The second-order valence-corrected chi connectivity index (χ2v) is 11.0. The monoisotopic (exact) mass is 517 g/mol. The van der Waals surface area contributed by atoms with Crippen molar-refractivity contribution in [3.8, 4) is 22.3 Å². The lowest BCUT2D eigenvalue weighted by Gasteiger charge is -2.08. The van der Waals surface area contributed by atoms with E-state index in [1.165, 1.54) is 42.4 Å². The first-order chi connectivity index (χ1) is 19.3. The van der Waals surface area contributed by atoms with Crippen LogP contribution in [0.25, 0.3) is 64.4 Å². The molecule has 1 N–H and O–H groups in total. The van der Waals surface area contributed by atoms with Gasteiger partial charge in [-0.05, 0) is 82.9 Å². The average molecular weight is 518 g/mol. The normalized spacial score (nSPS) is 11.6. The topological polar surface area (TPSA) is 25.2 Å². The highest BCUT2D eigenvalue weighted by Crippen LogP contribution is 2.39. The first-order valence-corrected chi connectivity index (χ1v) is 13.9. The quantitative estimate of drug-likeness (QED) is 0.251. The van der Waals surface area contributed by atoms with E-state index in [9.17, 15) is 0 Å². The van der Waals surface area contributed by atoms with Crippen molar-refractivity contribution in [3.63, 3.8) is 0 Å². The summed E-state index contributed by atoms with van der Waals surface area (Å²) in [6, 6.07) is 47.3. The molecule has 0 aliphatic heterocycles. The summed E-state index contributed by atoms with van der Waals surface area (Å²) in [4.78, 5) is 0. The molecule has 8 rings (SSSR count). The molecular formula is C36H23NOS. The van der Waals surface area contributed by atoms with Crippen LogP contribution in [-0.2, 0) is 0 Å². The van der Waals surface area contributed by atoms with Gasteiger partial charge in [0.25, 0.3) is 0 Å². The van der Waals surface area contributed by atoms with Crippen molar-refractivity contribution in [2.45, 2.75) is 0 Å². The molecule has 0 saturated carbocycles. The summed E-state index contributed by atoms with van der Waals surface area (Å²) < 4.78 is 8.64. The van der Waals surface area contributed by atoms with E-state index in [1.807, 2.05) is 29.5 Å². The molecular weight excluding hydrogens is 494 g/mol. The van der Waals surface area contributed by atoms with Crippen LogP contribution in [-0.4, -0.2) is 0 Å². The second-order valence-electron chi connectivity index (χ2n) is 9.90. The van der Waals surface area contributed by atoms with Crippen LogP contribution in [0.1, 0.15) is 0 Å². The van der Waals surface area contributed by atoms with Crippen molar-refractivity contribution >= 4 is 64.8 Å². The van der Waals surface area contributed by atoms with Crippen LogP contribution in [0.3, 0.4) is 0 Å². The summed E-state index contributed by atoms with van der Waals surface area (Å²) in [6.45, 7) is 0. The number of thiophene rings is 1. The number of fused-ring (bicyclic) bond motifs is 6. The zero-order chi connectivity index (χ0) is 25.8. The minimum absolute atomic E-state index is 0.925. The van der Waals surface area contributed by atoms with Gasteiger partial charge in [0.15, 0.2) is 0 Å². The third kappa shape index (κ3) is 3.87. The van der Waals surface area contributed by atoms with Gasteiger partial charge in [-0.3, -0.25) is 0 Å². The van der Waals surface area contributed by atoms with Gasteiger partial charge in [-0.25, -0.2) is 0 Å². The van der Waals surface area contributed by atoms with Crippen molar-refractivity contribution in [1.82, 2.24) is 0 Å². The Morgan fingerprint density at radius 2 is 1.00 bits per heavy atom. The smallest absolute Gasteiger partial charge is 0.135 e. The van der Waals surface area contributed by atoms with Crippen molar-refractivity contribution in [2.24, 2.45) is 0 Å². The van der Waals surface area contributed by atoms with Crippen LogP contribution in [0.15, 0.2) is 138 Å². The van der Waals surface area contributed by atoms with Gasteiger partial charge < -0.3 is 9.73 Å². The van der Waals surface area contributed by atoms with E-state index in [2.05, 4.69) is 121 Å². The predicted octanol–water partition coefficient (Wildman–Crippen LogP) is 11.0. The molecule has 0 radical (unpaired) electrons. The maximum atomic E-state index is 6.04. The molecule has 8 aromatic rings. The lowest BCUT2D eigenvalue weighted by molar-refractivity contribution is 0.669. The molecule has 2 aromatic heterocycles. The Kier molecular flexibility index (Phi) is 5.04. The molecule has 39 heavy (non-hydrogen) atoms. The van der Waals surface area contributed by atoms with Gasteiger partial charge in [0.2, 0.25) is 0 Å². The van der Waals surface area contributed by atoms with Gasteiger partial charge in [0.05, 0.1) is 0 Å². The van der Waals surface area contributed by atoms with Crippen LogP contribution >= 0.6 is 11.3 Å². The fourth-order valence-corrected chi connectivity index (χ4v) is 6.55. The highest BCUT2D eigenvalue weighted by molar-refractivity contribution is 7.25. The molecule has 3 heteroatoms. The third-order valence-electron chi connectivity index (χ3n) is 7.46. The number of rotatable bonds is 4. The third-order valence-corrected chi connectivity index (χ3v) is 8.61. The van der Waals surface area contributed by atoms with E-state index in [0.29, 0.717) is 0 Å². The first kappa shape index (κ1) is 22.2. The Balaban J connectivity index is 1.15. The summed E-state index contributed by atoms with van der Waals surface area (Å²) in [7, 11) is 0. The number of nitrogens with one attached hydrogen (secondary N) is 1. The summed E-state index contributed by atoms with van der Waals surface area (Å²) in [6.07, 6.45) is 0. The Morgan fingerprint density at radius 3 is 1.85 bits per heavy atom. The summed E-state index contributed by atoms with van der Waals surface area (Å²) >= 11 is 1.84. The minimum atomic E-state index is 0.925. The maximum absolute atomic E-state index is 6.04. The summed E-state index contributed by atoms with van der Waals surface area (Å²) in [5.74, 6) is 0. The molecule has 2 heterocycles. The summed E-state index contributed by atoms with van der Waals surface area (Å²) in [5.41, 5.74) is 8.88. The molecule has 0 amide bonds. The number of para-hydroxylation sites is 1. The van der Waals surface area contributed by atoms with Gasteiger partial charge in [0.1, 0.15) is 11.2 Å². The largest absolute Gasteiger partial charge is 0.456 e. The number of furan rings is 1. The molecule has 6 aromatic carbocycles. The van der Waals surface area contributed by atoms with E-state index in [-0.39, 0.29) is 0 Å². The average Bonchev–Trinajstić information content (AvgIpc) is 3.55. The number of hydrogen-bond acceptors (Lipinski definition) is 3. The van der Waals surface area contributed by atoms with Crippen molar-refractivity contribution in [1.29, 1.82) is 0 Å². The number of hydrogen-bond donors (Lipinski definition) is 1. The van der Waals surface area contributed by atoms with Gasteiger partial charge in [-0.2, -0.15) is 0 Å². The molecule has 0 unspecified atom stereocenters. The van der Waals surface area contributed by atoms with E-state index in [1.54, 1.807) is 0 Å². The maximum Gasteiger partial charge on any atom is 0.135 e. The van der Waals surface area contributed by atoms with Crippen molar-refractivity contribution in [2.75, 3.05) is 5.32 Å². The van der Waals surface area contributed by atoms with Crippen molar-refractivity contribution in [3.05, 3.63) is 133 Å². The molecule has 0 aliphatic rings. The van der Waals surface area contributed by atoms with Crippen LogP contribution < -0.4 is 5.32 Å². The van der Waals surface area contributed by atoms with E-state index in [0.717, 1.165) is 33.3 Å². The first-order valence-electron chi connectivity index (χ1n) is 13.1. The van der Waals surface area contributed by atoms with Crippen LogP contribution in [0.2, 0.25) is 0 Å². The molecule has 0 spiro atoms. The van der Waals surface area contributed by atoms with Crippen LogP contribution in [0.4, 0.5) is 11.4 Å². The molecule has 184 valence electrons. The fourth-order valence-electron chi connectivity index (χ4n) is 5.48. The van der Waals surface area contributed by atoms with E-state index >= 15 is 0 Å². The SMILES string of the molecule is c1ccc(-c2ccc(Nc3ccc4sc5ccc(-c6ccc7oc8ccccc8c7c6)cc5c4c3)cc2)cc1. The molecule has 0 fully saturated rings. The molecule has 0 saturated heterocycles. The van der Waals surface area contributed by atoms with Gasteiger partial charge in [0, 0.05) is 42.3 Å².